The van der Waals surface area contributed by atoms with Gasteiger partial charge in [-0.2, -0.15) is 0 Å². The van der Waals surface area contributed by atoms with E-state index in [1.54, 1.807) is 0 Å². The summed E-state index contributed by atoms with van der Waals surface area (Å²) in [5.74, 6) is -0.459. The molecule has 0 unspecified atom stereocenters. The third-order valence-corrected chi connectivity index (χ3v) is 1.66. The van der Waals surface area contributed by atoms with Crippen LogP contribution in [0.25, 0.3) is 0 Å². The minimum absolute atomic E-state index is 0.459. The summed E-state index contributed by atoms with van der Waals surface area (Å²) in [5.41, 5.74) is 11.5. The predicted molar refractivity (Wildman–Crippen MR) is 58.7 cm³/mol. The Morgan fingerprint density at radius 1 is 1.29 bits per heavy atom. The van der Waals surface area contributed by atoms with Gasteiger partial charge in [-0.05, 0) is 12.0 Å². The van der Waals surface area contributed by atoms with Gasteiger partial charge in [0.05, 0.1) is 6.04 Å². The molecule has 0 aromatic heterocycles. The largest absolute Gasteiger partial charge is 0.368 e. The lowest BCUT2D eigenvalue weighted by Gasteiger charge is -2.06. The average Bonchev–Trinajstić information content (AvgIpc) is 2.22. The zero-order valence-corrected chi connectivity index (χ0v) is 8.73. The summed E-state index contributed by atoms with van der Waals surface area (Å²) in [6.07, 6.45) is 0.510. The van der Waals surface area contributed by atoms with Crippen LogP contribution >= 0.6 is 0 Å². The van der Waals surface area contributed by atoms with Crippen LogP contribution in [0.1, 0.15) is 19.4 Å². The number of carbonyl (C=O) groups excluding carboxylic acids is 1. The first kappa shape index (κ1) is 12.7. The molecule has 0 spiro atoms. The number of rotatable bonds is 3. The summed E-state index contributed by atoms with van der Waals surface area (Å²) in [6.45, 7) is 4.00. The Hall–Kier alpha value is -1.35. The van der Waals surface area contributed by atoms with E-state index >= 15 is 0 Å². The minimum Gasteiger partial charge on any atom is -0.368 e. The molecule has 78 valence electrons. The van der Waals surface area contributed by atoms with Crippen LogP contribution in [-0.4, -0.2) is 11.9 Å². The Kier molecular flexibility index (Phi) is 6.41. The summed E-state index contributed by atoms with van der Waals surface area (Å²) in [6, 6.07) is 8.99. The number of primary amides is 1. The number of carbonyl (C=O) groups is 1. The molecular formula is C11H18N2O. The van der Waals surface area contributed by atoms with Crippen molar-refractivity contribution in [3.63, 3.8) is 0 Å². The molecule has 0 fully saturated rings. The summed E-state index contributed by atoms with van der Waals surface area (Å²) in [7, 11) is 0. The Labute approximate surface area is 85.1 Å². The summed E-state index contributed by atoms with van der Waals surface area (Å²) in [5, 5.41) is 0. The molecule has 4 N–H and O–H groups in total. The van der Waals surface area contributed by atoms with Crippen molar-refractivity contribution in [1.82, 2.24) is 0 Å². The smallest absolute Gasteiger partial charge is 0.234 e. The van der Waals surface area contributed by atoms with Crippen molar-refractivity contribution in [2.45, 2.75) is 26.3 Å². The van der Waals surface area contributed by atoms with Gasteiger partial charge in [-0.15, -0.1) is 0 Å². The molecule has 0 aliphatic heterocycles. The lowest BCUT2D eigenvalue weighted by molar-refractivity contribution is -0.119. The Morgan fingerprint density at radius 2 is 1.79 bits per heavy atom. The molecule has 3 nitrogen and oxygen atoms in total. The van der Waals surface area contributed by atoms with Gasteiger partial charge in [-0.25, -0.2) is 0 Å². The summed E-state index contributed by atoms with van der Waals surface area (Å²) >= 11 is 0. The quantitative estimate of drug-likeness (QED) is 0.755. The predicted octanol–water partition coefficient (Wildman–Crippen LogP) is 1.07. The van der Waals surface area contributed by atoms with E-state index < -0.39 is 11.9 Å². The van der Waals surface area contributed by atoms with Gasteiger partial charge in [0.25, 0.3) is 0 Å². The fourth-order valence-electron chi connectivity index (χ4n) is 0.969. The molecule has 0 saturated heterocycles. The SMILES string of the molecule is CC.NC(=O)[C@H](N)Cc1ccccc1. The highest BCUT2D eigenvalue weighted by Gasteiger charge is 2.08. The van der Waals surface area contributed by atoms with Crippen LogP contribution < -0.4 is 11.5 Å². The van der Waals surface area contributed by atoms with Gasteiger partial charge in [0.2, 0.25) is 5.91 Å². The van der Waals surface area contributed by atoms with Crippen LogP contribution in [0.5, 0.6) is 0 Å². The molecule has 0 saturated carbocycles. The monoisotopic (exact) mass is 194 g/mol. The lowest BCUT2D eigenvalue weighted by Crippen LogP contribution is -2.38. The lowest BCUT2D eigenvalue weighted by atomic mass is 10.1. The Balaban J connectivity index is 0.000000791. The van der Waals surface area contributed by atoms with E-state index in [2.05, 4.69) is 0 Å². The Morgan fingerprint density at radius 3 is 2.21 bits per heavy atom. The van der Waals surface area contributed by atoms with Crippen molar-refractivity contribution in [1.29, 1.82) is 0 Å². The molecule has 0 radical (unpaired) electrons. The van der Waals surface area contributed by atoms with Crippen LogP contribution in [0.3, 0.4) is 0 Å². The number of nitrogens with two attached hydrogens (primary N) is 2. The third-order valence-electron chi connectivity index (χ3n) is 1.66. The minimum atomic E-state index is -0.576. The van der Waals surface area contributed by atoms with Gasteiger partial charge in [0.1, 0.15) is 0 Å². The van der Waals surface area contributed by atoms with Crippen molar-refractivity contribution in [3.05, 3.63) is 35.9 Å². The van der Waals surface area contributed by atoms with Crippen molar-refractivity contribution in [3.8, 4) is 0 Å². The highest BCUT2D eigenvalue weighted by molar-refractivity contribution is 5.79. The average molecular weight is 194 g/mol. The third kappa shape index (κ3) is 4.62. The van der Waals surface area contributed by atoms with Gasteiger partial charge in [0, 0.05) is 0 Å². The number of amides is 1. The van der Waals surface area contributed by atoms with Crippen LogP contribution in [0.15, 0.2) is 30.3 Å². The molecule has 14 heavy (non-hydrogen) atoms. The topological polar surface area (TPSA) is 69.1 Å². The van der Waals surface area contributed by atoms with Crippen LogP contribution in [0, 0.1) is 0 Å². The zero-order valence-electron chi connectivity index (χ0n) is 8.73. The van der Waals surface area contributed by atoms with Gasteiger partial charge >= 0.3 is 0 Å². The van der Waals surface area contributed by atoms with Gasteiger partial charge in [-0.3, -0.25) is 4.79 Å². The molecule has 1 aromatic carbocycles. The maximum Gasteiger partial charge on any atom is 0.234 e. The van der Waals surface area contributed by atoms with E-state index in [1.165, 1.54) is 0 Å². The molecule has 0 aliphatic carbocycles. The van der Waals surface area contributed by atoms with Crippen LogP contribution in [0.2, 0.25) is 0 Å². The molecule has 1 atom stereocenters. The normalized spacial score (nSPS) is 11.1. The van der Waals surface area contributed by atoms with Crippen molar-refractivity contribution < 1.29 is 4.79 Å². The first-order valence-corrected chi connectivity index (χ1v) is 4.79. The molecule has 0 aliphatic rings. The van der Waals surface area contributed by atoms with E-state index in [-0.39, 0.29) is 0 Å². The second kappa shape index (κ2) is 7.09. The molecule has 3 heteroatoms. The second-order valence-electron chi connectivity index (χ2n) is 2.70. The van der Waals surface area contributed by atoms with Crippen molar-refractivity contribution in [2.24, 2.45) is 11.5 Å². The summed E-state index contributed by atoms with van der Waals surface area (Å²) in [4.78, 5) is 10.6. The van der Waals surface area contributed by atoms with Gasteiger partial charge < -0.3 is 11.5 Å². The molecule has 1 aromatic rings. The van der Waals surface area contributed by atoms with Gasteiger partial charge in [0.15, 0.2) is 0 Å². The fourth-order valence-corrected chi connectivity index (χ4v) is 0.969. The van der Waals surface area contributed by atoms with E-state index in [0.29, 0.717) is 6.42 Å². The van der Waals surface area contributed by atoms with Crippen LogP contribution in [0.4, 0.5) is 0 Å². The highest BCUT2D eigenvalue weighted by atomic mass is 16.1. The highest BCUT2D eigenvalue weighted by Crippen LogP contribution is 2.00. The number of hydrogen-bond acceptors (Lipinski definition) is 2. The second-order valence-corrected chi connectivity index (χ2v) is 2.70. The van der Waals surface area contributed by atoms with Crippen LogP contribution in [-0.2, 0) is 11.2 Å². The molecular weight excluding hydrogens is 176 g/mol. The van der Waals surface area contributed by atoms with E-state index in [1.807, 2.05) is 44.2 Å². The van der Waals surface area contributed by atoms with Gasteiger partial charge in [-0.1, -0.05) is 44.2 Å². The zero-order chi connectivity index (χ0) is 11.0. The maximum absolute atomic E-state index is 10.6. The fraction of sp³-hybridized carbons (Fsp3) is 0.364. The molecule has 0 heterocycles. The molecule has 1 amide bonds. The van der Waals surface area contributed by atoms with E-state index in [9.17, 15) is 4.79 Å². The molecule has 0 bridgehead atoms. The van der Waals surface area contributed by atoms with Crippen molar-refractivity contribution >= 4 is 5.91 Å². The molecule has 1 rings (SSSR count). The number of hydrogen-bond donors (Lipinski definition) is 2. The first-order valence-electron chi connectivity index (χ1n) is 4.79. The van der Waals surface area contributed by atoms with E-state index in [0.717, 1.165) is 5.56 Å². The van der Waals surface area contributed by atoms with E-state index in [4.69, 9.17) is 11.5 Å². The Bertz CT molecular complexity index is 259. The standard InChI is InChI=1S/C9H12N2O.C2H6/c10-8(9(11)12)6-7-4-2-1-3-5-7;1-2/h1-5,8H,6,10H2,(H2,11,12);1-2H3/t8-;/m1./s1. The number of benzene rings is 1. The first-order chi connectivity index (χ1) is 6.70. The maximum atomic E-state index is 10.6. The summed E-state index contributed by atoms with van der Waals surface area (Å²) < 4.78 is 0. The van der Waals surface area contributed by atoms with Crippen molar-refractivity contribution in [2.75, 3.05) is 0 Å².